The number of nitrogens with zero attached hydrogens (tertiary/aromatic N) is 1. The molecule has 10 rings (SSSR count). The summed E-state index contributed by atoms with van der Waals surface area (Å²) in [5, 5.41) is 15.2. The fourth-order valence-electron chi connectivity index (χ4n) is 7.97. The third-order valence-electron chi connectivity index (χ3n) is 9.93. The first-order valence-corrected chi connectivity index (χ1v) is 16.3. The standard InChI is InChI=1S/C46H29N/c1-2-18-34(19-3-1)47(42-26-12-14-30-13-4-5-20-35(30)42)46-39-23-8-6-21-36(39)45(37-22-7-9-24-40(37)46)41-29-33-17-10-15-31-27-28-32-16-11-25-38(41)44(32)43(31)33/h1-29H. The molecule has 0 saturated heterocycles. The van der Waals surface area contributed by atoms with Crippen LogP contribution < -0.4 is 4.90 Å². The van der Waals surface area contributed by atoms with Crippen molar-refractivity contribution in [2.45, 2.75) is 0 Å². The second-order valence-electron chi connectivity index (χ2n) is 12.5. The van der Waals surface area contributed by atoms with E-state index in [1.165, 1.54) is 87.1 Å². The maximum Gasteiger partial charge on any atom is 0.0619 e. The third kappa shape index (κ3) is 3.84. The summed E-state index contributed by atoms with van der Waals surface area (Å²) in [5.41, 5.74) is 6.05. The van der Waals surface area contributed by atoms with Crippen molar-refractivity contribution in [3.8, 4) is 11.1 Å². The number of para-hydroxylation sites is 1. The molecule has 218 valence electrons. The first-order valence-electron chi connectivity index (χ1n) is 16.3. The van der Waals surface area contributed by atoms with Crippen LogP contribution >= 0.6 is 0 Å². The highest BCUT2D eigenvalue weighted by Gasteiger charge is 2.24. The molecule has 0 amide bonds. The number of benzene rings is 10. The van der Waals surface area contributed by atoms with E-state index < -0.39 is 0 Å². The molecule has 10 aromatic carbocycles. The van der Waals surface area contributed by atoms with E-state index in [1.807, 2.05) is 0 Å². The predicted molar refractivity (Wildman–Crippen MR) is 203 cm³/mol. The summed E-state index contributed by atoms with van der Waals surface area (Å²) < 4.78 is 0. The highest BCUT2D eigenvalue weighted by Crippen LogP contribution is 2.51. The van der Waals surface area contributed by atoms with Crippen molar-refractivity contribution >= 4 is 81.7 Å². The van der Waals surface area contributed by atoms with Crippen LogP contribution in [0.2, 0.25) is 0 Å². The lowest BCUT2D eigenvalue weighted by Crippen LogP contribution is -2.12. The number of rotatable bonds is 4. The Morgan fingerprint density at radius 3 is 1.57 bits per heavy atom. The quantitative estimate of drug-likeness (QED) is 0.144. The molecule has 0 radical (unpaired) electrons. The molecule has 0 aliphatic carbocycles. The molecule has 0 atom stereocenters. The van der Waals surface area contributed by atoms with E-state index in [0.29, 0.717) is 0 Å². The summed E-state index contributed by atoms with van der Waals surface area (Å²) in [6, 6.07) is 64.6. The molecule has 0 unspecified atom stereocenters. The number of hydrogen-bond donors (Lipinski definition) is 0. The van der Waals surface area contributed by atoms with Crippen LogP contribution in [-0.2, 0) is 0 Å². The van der Waals surface area contributed by atoms with Crippen LogP contribution in [0.1, 0.15) is 0 Å². The van der Waals surface area contributed by atoms with Gasteiger partial charge in [0.15, 0.2) is 0 Å². The average molecular weight is 596 g/mol. The van der Waals surface area contributed by atoms with Crippen molar-refractivity contribution < 1.29 is 0 Å². The lowest BCUT2D eigenvalue weighted by molar-refractivity contribution is 1.33. The van der Waals surface area contributed by atoms with Crippen LogP contribution in [-0.4, -0.2) is 0 Å². The van der Waals surface area contributed by atoms with E-state index in [-0.39, 0.29) is 0 Å². The van der Waals surface area contributed by atoms with E-state index in [2.05, 4.69) is 181 Å². The average Bonchev–Trinajstić information content (AvgIpc) is 3.14. The molecular weight excluding hydrogens is 567 g/mol. The minimum atomic E-state index is 1.13. The Kier molecular flexibility index (Phi) is 5.64. The predicted octanol–water partition coefficient (Wildman–Crippen LogP) is 13.2. The molecule has 0 fully saturated rings. The van der Waals surface area contributed by atoms with Crippen molar-refractivity contribution in [2.75, 3.05) is 4.90 Å². The molecule has 1 nitrogen and oxygen atoms in total. The smallest absolute Gasteiger partial charge is 0.0619 e. The van der Waals surface area contributed by atoms with Crippen molar-refractivity contribution in [3.05, 3.63) is 176 Å². The molecule has 0 saturated carbocycles. The summed E-state index contributed by atoms with van der Waals surface area (Å²) in [6.07, 6.45) is 0. The van der Waals surface area contributed by atoms with Gasteiger partial charge in [-0.05, 0) is 83.9 Å². The normalized spacial score (nSPS) is 11.8. The molecule has 0 aromatic heterocycles. The Hall–Kier alpha value is -6.18. The minimum absolute atomic E-state index is 1.13. The van der Waals surface area contributed by atoms with E-state index >= 15 is 0 Å². The van der Waals surface area contributed by atoms with Crippen LogP contribution in [0, 0.1) is 0 Å². The van der Waals surface area contributed by atoms with Crippen LogP contribution in [0.15, 0.2) is 176 Å². The molecule has 0 spiro atoms. The van der Waals surface area contributed by atoms with Gasteiger partial charge in [-0.2, -0.15) is 0 Å². The van der Waals surface area contributed by atoms with Crippen LogP contribution in [0.5, 0.6) is 0 Å². The Morgan fingerprint density at radius 1 is 0.319 bits per heavy atom. The zero-order valence-electron chi connectivity index (χ0n) is 25.7. The van der Waals surface area contributed by atoms with Gasteiger partial charge in [-0.25, -0.2) is 0 Å². The minimum Gasteiger partial charge on any atom is -0.309 e. The van der Waals surface area contributed by atoms with Crippen molar-refractivity contribution in [2.24, 2.45) is 0 Å². The zero-order valence-corrected chi connectivity index (χ0v) is 25.7. The Labute approximate surface area is 272 Å². The lowest BCUT2D eigenvalue weighted by Gasteiger charge is -2.30. The SMILES string of the molecule is c1ccc(N(c2cccc3ccccc23)c2c3ccccc3c(-c3cc4cccc5ccc6cccc3c6c54)c3ccccc23)cc1. The van der Waals surface area contributed by atoms with Crippen molar-refractivity contribution in [1.82, 2.24) is 0 Å². The molecule has 0 N–H and O–H groups in total. The number of hydrogen-bond acceptors (Lipinski definition) is 1. The first-order chi connectivity index (χ1) is 23.3. The van der Waals surface area contributed by atoms with Crippen molar-refractivity contribution in [1.29, 1.82) is 0 Å². The molecule has 0 bridgehead atoms. The van der Waals surface area contributed by atoms with Gasteiger partial charge in [0.1, 0.15) is 0 Å². The number of anilines is 3. The van der Waals surface area contributed by atoms with Gasteiger partial charge in [-0.1, -0.05) is 152 Å². The zero-order chi connectivity index (χ0) is 30.9. The van der Waals surface area contributed by atoms with Gasteiger partial charge in [0.2, 0.25) is 0 Å². The fourth-order valence-corrected chi connectivity index (χ4v) is 7.97. The van der Waals surface area contributed by atoms with Gasteiger partial charge < -0.3 is 4.90 Å². The van der Waals surface area contributed by atoms with Crippen LogP contribution in [0.3, 0.4) is 0 Å². The summed E-state index contributed by atoms with van der Waals surface area (Å²) in [6.45, 7) is 0. The Bertz CT molecular complexity index is 2730. The summed E-state index contributed by atoms with van der Waals surface area (Å²) in [4.78, 5) is 2.47. The molecule has 10 aromatic rings. The van der Waals surface area contributed by atoms with Gasteiger partial charge in [-0.15, -0.1) is 0 Å². The highest BCUT2D eigenvalue weighted by atomic mass is 15.1. The second kappa shape index (κ2) is 10.2. The van der Waals surface area contributed by atoms with Crippen LogP contribution in [0.25, 0.3) is 75.8 Å². The van der Waals surface area contributed by atoms with Gasteiger partial charge in [-0.3, -0.25) is 0 Å². The maximum absolute atomic E-state index is 2.47. The van der Waals surface area contributed by atoms with Crippen molar-refractivity contribution in [3.63, 3.8) is 0 Å². The summed E-state index contributed by atoms with van der Waals surface area (Å²) in [7, 11) is 0. The van der Waals surface area contributed by atoms with Gasteiger partial charge in [0.25, 0.3) is 0 Å². The molecule has 0 aliphatic rings. The topological polar surface area (TPSA) is 3.24 Å². The molecule has 1 heteroatoms. The molecule has 0 heterocycles. The third-order valence-corrected chi connectivity index (χ3v) is 9.93. The van der Waals surface area contributed by atoms with E-state index in [0.717, 1.165) is 5.69 Å². The molecule has 47 heavy (non-hydrogen) atoms. The Balaban J connectivity index is 1.38. The number of fused-ring (bicyclic) bond motifs is 3. The second-order valence-corrected chi connectivity index (χ2v) is 12.5. The van der Waals surface area contributed by atoms with E-state index in [4.69, 9.17) is 0 Å². The Morgan fingerprint density at radius 2 is 0.830 bits per heavy atom. The van der Waals surface area contributed by atoms with Crippen LogP contribution in [0.4, 0.5) is 17.1 Å². The highest BCUT2D eigenvalue weighted by molar-refractivity contribution is 6.30. The monoisotopic (exact) mass is 595 g/mol. The van der Waals surface area contributed by atoms with Gasteiger partial charge in [0, 0.05) is 21.8 Å². The first kappa shape index (κ1) is 26.1. The summed E-state index contributed by atoms with van der Waals surface area (Å²) >= 11 is 0. The molecule has 0 aliphatic heterocycles. The largest absolute Gasteiger partial charge is 0.309 e. The van der Waals surface area contributed by atoms with Gasteiger partial charge in [0.05, 0.1) is 11.4 Å². The fraction of sp³-hybridized carbons (Fsp3) is 0. The molecular formula is C46H29N. The van der Waals surface area contributed by atoms with Gasteiger partial charge >= 0.3 is 0 Å². The lowest BCUT2D eigenvalue weighted by atomic mass is 9.84. The van der Waals surface area contributed by atoms with E-state index in [9.17, 15) is 0 Å². The summed E-state index contributed by atoms with van der Waals surface area (Å²) in [5.74, 6) is 0. The van der Waals surface area contributed by atoms with E-state index in [1.54, 1.807) is 0 Å². The maximum atomic E-state index is 2.47.